The molecule has 3 heterocycles. The van der Waals surface area contributed by atoms with E-state index < -0.39 is 6.17 Å². The number of likely N-dealkylation sites (tertiary alicyclic amines) is 1. The van der Waals surface area contributed by atoms with Crippen molar-refractivity contribution in [2.24, 2.45) is 12.0 Å². The molecule has 2 aliphatic heterocycles. The van der Waals surface area contributed by atoms with Crippen LogP contribution in [0.2, 0.25) is 0 Å². The number of nitrogens with zero attached hydrogens (tertiary/aromatic N) is 4. The molecule has 1 aromatic heterocycles. The summed E-state index contributed by atoms with van der Waals surface area (Å²) < 4.78 is 20.5. The number of methoxy groups -OCH3 is 1. The van der Waals surface area contributed by atoms with Crippen LogP contribution in [0.5, 0.6) is 5.75 Å². The van der Waals surface area contributed by atoms with Crippen molar-refractivity contribution >= 4 is 17.6 Å². The number of alkyl halides is 1. The summed E-state index contributed by atoms with van der Waals surface area (Å²) in [5, 5.41) is 7.03. The summed E-state index contributed by atoms with van der Waals surface area (Å²) in [5.74, 6) is 1.27. The topological polar surface area (TPSA) is 71.8 Å². The number of fused-ring (bicyclic) bond motifs is 1. The molecule has 0 bridgehead atoms. The number of carbonyl (C=O) groups is 1. The Hall–Kier alpha value is -2.90. The van der Waals surface area contributed by atoms with Crippen LogP contribution >= 0.6 is 0 Å². The third kappa shape index (κ3) is 2.91. The van der Waals surface area contributed by atoms with Crippen molar-refractivity contribution < 1.29 is 13.9 Å². The van der Waals surface area contributed by atoms with Gasteiger partial charge in [-0.2, -0.15) is 5.10 Å². The number of aryl methyl sites for hydroxylation is 1. The molecule has 7 nitrogen and oxygen atoms in total. The van der Waals surface area contributed by atoms with Crippen LogP contribution in [0.15, 0.2) is 29.5 Å². The SMILES string of the molecule is COc1ccc(-c2cnn(C)c2)c2c1CC(NC(=O)N1CC[C@H](F)C1)=N2. The van der Waals surface area contributed by atoms with Crippen molar-refractivity contribution in [2.45, 2.75) is 19.0 Å². The minimum absolute atomic E-state index is 0.135. The number of halogens is 1. The summed E-state index contributed by atoms with van der Waals surface area (Å²) in [5.41, 5.74) is 3.58. The van der Waals surface area contributed by atoms with Gasteiger partial charge in [0.2, 0.25) is 0 Å². The summed E-state index contributed by atoms with van der Waals surface area (Å²) in [6, 6.07) is 3.53. The van der Waals surface area contributed by atoms with Crippen LogP contribution in [0.1, 0.15) is 12.0 Å². The number of rotatable bonds is 2. The van der Waals surface area contributed by atoms with E-state index in [9.17, 15) is 9.18 Å². The number of hydrogen-bond donors (Lipinski definition) is 1. The van der Waals surface area contributed by atoms with Gasteiger partial charge in [0, 0.05) is 42.9 Å². The summed E-state index contributed by atoms with van der Waals surface area (Å²) in [7, 11) is 3.47. The molecule has 0 unspecified atom stereocenters. The average Bonchev–Trinajstić information content (AvgIpc) is 3.33. The molecule has 0 saturated carbocycles. The van der Waals surface area contributed by atoms with Crippen LogP contribution in [-0.4, -0.2) is 52.9 Å². The normalized spacial score (nSPS) is 18.7. The van der Waals surface area contributed by atoms with Gasteiger partial charge < -0.3 is 9.64 Å². The first kappa shape index (κ1) is 16.6. The number of ether oxygens (including phenoxy) is 1. The second-order valence-corrected chi connectivity index (χ2v) is 6.54. The van der Waals surface area contributed by atoms with Gasteiger partial charge in [0.1, 0.15) is 17.8 Å². The Morgan fingerprint density at radius 1 is 1.42 bits per heavy atom. The molecule has 2 aromatic rings. The number of amidine groups is 1. The number of carbonyl (C=O) groups excluding carboxylic acids is 1. The van der Waals surface area contributed by atoms with E-state index in [0.717, 1.165) is 28.1 Å². The van der Waals surface area contributed by atoms with Gasteiger partial charge in [-0.05, 0) is 18.6 Å². The fraction of sp³-hybridized carbons (Fsp3) is 0.389. The van der Waals surface area contributed by atoms with Crippen LogP contribution in [0, 0.1) is 0 Å². The molecule has 1 fully saturated rings. The Bertz CT molecular complexity index is 892. The number of aromatic nitrogens is 2. The minimum Gasteiger partial charge on any atom is -0.496 e. The number of benzene rings is 1. The van der Waals surface area contributed by atoms with Gasteiger partial charge in [-0.25, -0.2) is 14.2 Å². The van der Waals surface area contributed by atoms with Crippen molar-refractivity contribution in [3.63, 3.8) is 0 Å². The highest BCUT2D eigenvalue weighted by molar-refractivity contribution is 6.04. The van der Waals surface area contributed by atoms with E-state index in [4.69, 9.17) is 4.74 Å². The Balaban J connectivity index is 1.62. The van der Waals surface area contributed by atoms with Crippen LogP contribution in [0.3, 0.4) is 0 Å². The molecule has 0 aliphatic carbocycles. The van der Waals surface area contributed by atoms with Crippen molar-refractivity contribution in [1.29, 1.82) is 0 Å². The van der Waals surface area contributed by atoms with E-state index in [2.05, 4.69) is 15.4 Å². The molecule has 0 radical (unpaired) electrons. The molecule has 2 amide bonds. The molecular formula is C18H20FN5O2. The fourth-order valence-electron chi connectivity index (χ4n) is 3.42. The van der Waals surface area contributed by atoms with Crippen LogP contribution in [-0.2, 0) is 13.5 Å². The molecule has 1 aromatic carbocycles. The highest BCUT2D eigenvalue weighted by Crippen LogP contribution is 2.41. The quantitative estimate of drug-likeness (QED) is 0.897. The van der Waals surface area contributed by atoms with E-state index in [1.807, 2.05) is 25.4 Å². The standard InChI is InChI=1S/C18H20FN5O2/c1-23-9-11(8-20-23)13-3-4-15(26-2)14-7-16(21-17(13)14)22-18(25)24-6-5-12(19)10-24/h3-4,8-9,12H,5-7,10H2,1-2H3,(H,21,22,25)/t12-/m0/s1. The number of hydrogen-bond acceptors (Lipinski definition) is 4. The first-order chi connectivity index (χ1) is 12.5. The monoisotopic (exact) mass is 357 g/mol. The molecule has 136 valence electrons. The zero-order valence-corrected chi connectivity index (χ0v) is 14.7. The predicted octanol–water partition coefficient (Wildman–Crippen LogP) is 2.44. The van der Waals surface area contributed by atoms with E-state index >= 15 is 0 Å². The molecule has 0 spiro atoms. The summed E-state index contributed by atoms with van der Waals surface area (Å²) in [4.78, 5) is 18.4. The zero-order valence-electron chi connectivity index (χ0n) is 14.7. The fourth-order valence-corrected chi connectivity index (χ4v) is 3.42. The lowest BCUT2D eigenvalue weighted by molar-refractivity contribution is 0.209. The Morgan fingerprint density at radius 3 is 2.92 bits per heavy atom. The second kappa shape index (κ2) is 6.44. The molecule has 2 aliphatic rings. The predicted molar refractivity (Wildman–Crippen MR) is 95.6 cm³/mol. The van der Waals surface area contributed by atoms with E-state index in [-0.39, 0.29) is 12.6 Å². The van der Waals surface area contributed by atoms with Gasteiger partial charge in [-0.1, -0.05) is 0 Å². The number of amides is 2. The lowest BCUT2D eigenvalue weighted by Crippen LogP contribution is -2.41. The number of nitrogens with one attached hydrogen (secondary N) is 1. The number of urea groups is 1. The average molecular weight is 357 g/mol. The highest BCUT2D eigenvalue weighted by Gasteiger charge is 2.29. The Morgan fingerprint density at radius 2 is 2.27 bits per heavy atom. The lowest BCUT2D eigenvalue weighted by Gasteiger charge is -2.15. The summed E-state index contributed by atoms with van der Waals surface area (Å²) >= 11 is 0. The molecular weight excluding hydrogens is 337 g/mol. The molecule has 1 saturated heterocycles. The summed E-state index contributed by atoms with van der Waals surface area (Å²) in [6.07, 6.45) is 3.60. The maximum Gasteiger partial charge on any atom is 0.322 e. The largest absolute Gasteiger partial charge is 0.496 e. The van der Waals surface area contributed by atoms with E-state index in [1.54, 1.807) is 18.0 Å². The Kier molecular flexibility index (Phi) is 4.10. The molecule has 1 atom stereocenters. The van der Waals surface area contributed by atoms with Crippen LogP contribution < -0.4 is 10.1 Å². The minimum atomic E-state index is -0.944. The lowest BCUT2D eigenvalue weighted by atomic mass is 10.0. The van der Waals surface area contributed by atoms with E-state index in [0.29, 0.717) is 25.2 Å². The first-order valence-electron chi connectivity index (χ1n) is 8.51. The number of aliphatic imine (C=N–C) groups is 1. The molecule has 8 heteroatoms. The van der Waals surface area contributed by atoms with Gasteiger partial charge in [-0.15, -0.1) is 0 Å². The van der Waals surface area contributed by atoms with Crippen LogP contribution in [0.25, 0.3) is 11.1 Å². The van der Waals surface area contributed by atoms with Gasteiger partial charge in [-0.3, -0.25) is 10.00 Å². The van der Waals surface area contributed by atoms with Crippen molar-refractivity contribution in [3.8, 4) is 16.9 Å². The molecule has 1 N–H and O–H groups in total. The maximum absolute atomic E-state index is 13.3. The van der Waals surface area contributed by atoms with Gasteiger partial charge in [0.25, 0.3) is 0 Å². The van der Waals surface area contributed by atoms with Crippen LogP contribution in [0.4, 0.5) is 14.9 Å². The van der Waals surface area contributed by atoms with Crippen molar-refractivity contribution in [1.82, 2.24) is 20.0 Å². The third-order valence-corrected chi connectivity index (χ3v) is 4.74. The van der Waals surface area contributed by atoms with E-state index in [1.165, 1.54) is 4.90 Å². The molecule has 4 rings (SSSR count). The Labute approximate surface area is 150 Å². The molecule has 26 heavy (non-hydrogen) atoms. The van der Waals surface area contributed by atoms with Crippen molar-refractivity contribution in [3.05, 3.63) is 30.1 Å². The zero-order chi connectivity index (χ0) is 18.3. The van der Waals surface area contributed by atoms with Gasteiger partial charge in [0.05, 0.1) is 25.5 Å². The maximum atomic E-state index is 13.3. The smallest absolute Gasteiger partial charge is 0.322 e. The van der Waals surface area contributed by atoms with Gasteiger partial charge >= 0.3 is 6.03 Å². The van der Waals surface area contributed by atoms with Crippen molar-refractivity contribution in [2.75, 3.05) is 20.2 Å². The summed E-state index contributed by atoms with van der Waals surface area (Å²) in [6.45, 7) is 0.563. The highest BCUT2D eigenvalue weighted by atomic mass is 19.1. The third-order valence-electron chi connectivity index (χ3n) is 4.74. The van der Waals surface area contributed by atoms with Gasteiger partial charge in [0.15, 0.2) is 0 Å². The second-order valence-electron chi connectivity index (χ2n) is 6.54. The first-order valence-corrected chi connectivity index (χ1v) is 8.51.